The maximum Gasteiger partial charge on any atom is 0.0207 e. The summed E-state index contributed by atoms with van der Waals surface area (Å²) in [5.74, 6) is 0. The molecule has 1 aromatic rings. The van der Waals surface area contributed by atoms with E-state index in [1.54, 1.807) is 0 Å². The molecule has 1 aliphatic rings. The molecule has 0 spiro atoms. The summed E-state index contributed by atoms with van der Waals surface area (Å²) in [6, 6.07) is 4.31. The average molecular weight is 254 g/mol. The van der Waals surface area contributed by atoms with Gasteiger partial charge in [-0.15, -0.1) is 0 Å². The third kappa shape index (κ3) is 1.41. The van der Waals surface area contributed by atoms with Gasteiger partial charge in [-0.25, -0.2) is 0 Å². The van der Waals surface area contributed by atoms with Gasteiger partial charge >= 0.3 is 0 Å². The Morgan fingerprint density at radius 1 is 1.36 bits per heavy atom. The highest BCUT2D eigenvalue weighted by atomic mass is 79.9. The van der Waals surface area contributed by atoms with Gasteiger partial charge in [0.2, 0.25) is 0 Å². The molecule has 0 amide bonds. The molecule has 0 saturated heterocycles. The molecule has 1 fully saturated rings. The van der Waals surface area contributed by atoms with Crippen LogP contribution in [0.2, 0.25) is 0 Å². The smallest absolute Gasteiger partial charge is 0.0207 e. The van der Waals surface area contributed by atoms with Gasteiger partial charge in [-0.05, 0) is 49.4 Å². The zero-order valence-corrected chi connectivity index (χ0v) is 10.3. The number of nitrogens with two attached hydrogens (primary N) is 1. The highest BCUT2D eigenvalue weighted by Gasteiger charge is 2.44. The molecule has 0 heterocycles. The van der Waals surface area contributed by atoms with E-state index in [1.165, 1.54) is 34.0 Å². The topological polar surface area (TPSA) is 26.0 Å². The van der Waals surface area contributed by atoms with Crippen LogP contribution >= 0.6 is 15.9 Å². The molecule has 1 nitrogen and oxygen atoms in total. The van der Waals surface area contributed by atoms with E-state index in [2.05, 4.69) is 41.9 Å². The first-order valence-electron chi connectivity index (χ1n) is 5.07. The second kappa shape index (κ2) is 3.35. The van der Waals surface area contributed by atoms with Crippen LogP contribution in [0.3, 0.4) is 0 Å². The van der Waals surface area contributed by atoms with E-state index < -0.39 is 0 Å². The lowest BCUT2D eigenvalue weighted by Gasteiger charge is -2.19. The van der Waals surface area contributed by atoms with Crippen molar-refractivity contribution in [3.63, 3.8) is 0 Å². The minimum absolute atomic E-state index is 0.304. The van der Waals surface area contributed by atoms with Crippen LogP contribution in [0.5, 0.6) is 0 Å². The summed E-state index contributed by atoms with van der Waals surface area (Å²) < 4.78 is 1.21. The summed E-state index contributed by atoms with van der Waals surface area (Å²) in [6.07, 6.45) is 2.50. The second-order valence-electron chi connectivity index (χ2n) is 4.35. The summed E-state index contributed by atoms with van der Waals surface area (Å²) >= 11 is 3.59. The molecule has 0 unspecified atom stereocenters. The minimum Gasteiger partial charge on any atom is -0.330 e. The van der Waals surface area contributed by atoms with Gasteiger partial charge in [0, 0.05) is 16.4 Å². The number of rotatable bonds is 2. The van der Waals surface area contributed by atoms with Crippen LogP contribution in [0.1, 0.15) is 29.5 Å². The van der Waals surface area contributed by atoms with Crippen molar-refractivity contribution in [1.82, 2.24) is 0 Å². The van der Waals surface area contributed by atoms with Gasteiger partial charge in [-0.2, -0.15) is 0 Å². The van der Waals surface area contributed by atoms with Gasteiger partial charge in [-0.3, -0.25) is 0 Å². The van der Waals surface area contributed by atoms with Crippen LogP contribution in [-0.2, 0) is 5.41 Å². The average Bonchev–Trinajstić information content (AvgIpc) is 2.93. The summed E-state index contributed by atoms with van der Waals surface area (Å²) in [5, 5.41) is 0. The quantitative estimate of drug-likeness (QED) is 0.862. The highest BCUT2D eigenvalue weighted by molar-refractivity contribution is 9.10. The zero-order valence-electron chi connectivity index (χ0n) is 8.73. The lowest BCUT2D eigenvalue weighted by Crippen LogP contribution is -2.22. The van der Waals surface area contributed by atoms with Crippen molar-refractivity contribution in [3.05, 3.63) is 33.3 Å². The van der Waals surface area contributed by atoms with Gasteiger partial charge in [0.05, 0.1) is 0 Å². The lowest BCUT2D eigenvalue weighted by molar-refractivity contribution is 0.693. The largest absolute Gasteiger partial charge is 0.330 e. The van der Waals surface area contributed by atoms with Gasteiger partial charge in [0.15, 0.2) is 0 Å². The molecular weight excluding hydrogens is 238 g/mol. The monoisotopic (exact) mass is 253 g/mol. The van der Waals surface area contributed by atoms with Crippen molar-refractivity contribution in [1.29, 1.82) is 0 Å². The van der Waals surface area contributed by atoms with E-state index in [1.807, 2.05) is 0 Å². The number of aryl methyl sites for hydroxylation is 1. The van der Waals surface area contributed by atoms with Gasteiger partial charge < -0.3 is 5.73 Å². The van der Waals surface area contributed by atoms with Crippen molar-refractivity contribution in [3.8, 4) is 0 Å². The van der Waals surface area contributed by atoms with Crippen LogP contribution in [-0.4, -0.2) is 6.54 Å². The van der Waals surface area contributed by atoms with E-state index in [0.717, 1.165) is 6.54 Å². The fraction of sp³-hybridized carbons (Fsp3) is 0.500. The van der Waals surface area contributed by atoms with Crippen molar-refractivity contribution in [2.75, 3.05) is 6.54 Å². The summed E-state index contributed by atoms with van der Waals surface area (Å²) in [7, 11) is 0. The Kier molecular flexibility index (Phi) is 2.44. The third-order valence-electron chi connectivity index (χ3n) is 3.38. The minimum atomic E-state index is 0.304. The third-order valence-corrected chi connectivity index (χ3v) is 4.24. The fourth-order valence-corrected chi connectivity index (χ4v) is 2.68. The Morgan fingerprint density at radius 2 is 2.00 bits per heavy atom. The predicted octanol–water partition coefficient (Wildman–Crippen LogP) is 3.06. The van der Waals surface area contributed by atoms with Crippen LogP contribution < -0.4 is 5.73 Å². The molecule has 0 radical (unpaired) electrons. The van der Waals surface area contributed by atoms with E-state index in [9.17, 15) is 0 Å². The van der Waals surface area contributed by atoms with Crippen molar-refractivity contribution >= 4 is 15.9 Å². The molecule has 14 heavy (non-hydrogen) atoms. The second-order valence-corrected chi connectivity index (χ2v) is 5.20. The molecule has 1 saturated carbocycles. The van der Waals surface area contributed by atoms with Crippen LogP contribution in [0.25, 0.3) is 0 Å². The lowest BCUT2D eigenvalue weighted by atomic mass is 9.88. The normalized spacial score (nSPS) is 18.3. The van der Waals surface area contributed by atoms with E-state index in [-0.39, 0.29) is 0 Å². The van der Waals surface area contributed by atoms with Crippen LogP contribution in [0, 0.1) is 13.8 Å². The molecule has 1 aromatic carbocycles. The van der Waals surface area contributed by atoms with Gasteiger partial charge in [0.25, 0.3) is 0 Å². The molecule has 0 aromatic heterocycles. The maximum atomic E-state index is 5.87. The zero-order chi connectivity index (χ0) is 10.3. The van der Waals surface area contributed by atoms with E-state index in [0.29, 0.717) is 5.41 Å². The van der Waals surface area contributed by atoms with Crippen LogP contribution in [0.15, 0.2) is 16.6 Å². The molecule has 76 valence electrons. The fourth-order valence-electron chi connectivity index (χ4n) is 2.34. The first-order valence-corrected chi connectivity index (χ1v) is 5.86. The Labute approximate surface area is 93.8 Å². The Bertz CT molecular complexity index is 367. The molecule has 2 N–H and O–H groups in total. The Hall–Kier alpha value is -0.340. The van der Waals surface area contributed by atoms with Crippen molar-refractivity contribution in [2.45, 2.75) is 32.1 Å². The molecule has 0 aliphatic heterocycles. The number of halogens is 1. The van der Waals surface area contributed by atoms with Crippen LogP contribution in [0.4, 0.5) is 0 Å². The number of benzene rings is 1. The SMILES string of the molecule is Cc1ccc(Br)c(C)c1C1(CN)CC1. The highest BCUT2D eigenvalue weighted by Crippen LogP contribution is 2.50. The Balaban J connectivity index is 2.57. The standard InChI is InChI=1S/C12H16BrN/c1-8-3-4-10(13)9(2)11(8)12(7-14)5-6-12/h3-4H,5-7,14H2,1-2H3. The number of hydrogen-bond acceptors (Lipinski definition) is 1. The molecule has 2 heteroatoms. The van der Waals surface area contributed by atoms with E-state index in [4.69, 9.17) is 5.73 Å². The van der Waals surface area contributed by atoms with Crippen molar-refractivity contribution in [2.24, 2.45) is 5.73 Å². The van der Waals surface area contributed by atoms with Gasteiger partial charge in [0.1, 0.15) is 0 Å². The number of hydrogen-bond donors (Lipinski definition) is 1. The predicted molar refractivity (Wildman–Crippen MR) is 63.6 cm³/mol. The van der Waals surface area contributed by atoms with Gasteiger partial charge in [-0.1, -0.05) is 22.0 Å². The molecule has 2 rings (SSSR count). The molecular formula is C12H16BrN. The summed E-state index contributed by atoms with van der Waals surface area (Å²) in [4.78, 5) is 0. The summed E-state index contributed by atoms with van der Waals surface area (Å²) in [6.45, 7) is 5.15. The van der Waals surface area contributed by atoms with E-state index >= 15 is 0 Å². The summed E-state index contributed by atoms with van der Waals surface area (Å²) in [5.41, 5.74) is 10.4. The first-order chi connectivity index (χ1) is 6.60. The Morgan fingerprint density at radius 3 is 2.50 bits per heavy atom. The maximum absolute atomic E-state index is 5.87. The molecule has 0 bridgehead atoms. The molecule has 0 atom stereocenters. The van der Waals surface area contributed by atoms with Crippen molar-refractivity contribution < 1.29 is 0 Å². The molecule has 1 aliphatic carbocycles. The first kappa shape index (κ1) is 10.2.